The van der Waals surface area contributed by atoms with Crippen LogP contribution < -0.4 is 5.32 Å². The molecular formula is C8H13NO2. The Labute approximate surface area is 66.2 Å². The van der Waals surface area contributed by atoms with Gasteiger partial charge in [-0.05, 0) is 26.2 Å². The number of hydrogen-bond donors (Lipinski definition) is 1. The lowest BCUT2D eigenvalue weighted by atomic mass is 9.97. The number of rotatable bonds is 2. The second kappa shape index (κ2) is 3.62. The summed E-state index contributed by atoms with van der Waals surface area (Å²) in [6.07, 6.45) is 3.60. The van der Waals surface area contributed by atoms with Gasteiger partial charge in [0, 0.05) is 0 Å². The Morgan fingerprint density at radius 3 is 2.82 bits per heavy atom. The number of Topliss-reactive ketones (excluding diaryl/α,β-unsaturated/α-hetero) is 1. The van der Waals surface area contributed by atoms with Gasteiger partial charge in [-0.2, -0.15) is 0 Å². The molecule has 0 radical (unpaired) electrons. The van der Waals surface area contributed by atoms with E-state index in [1.54, 1.807) is 6.92 Å². The lowest BCUT2D eigenvalue weighted by molar-refractivity contribution is -0.120. The van der Waals surface area contributed by atoms with Gasteiger partial charge in [0.1, 0.15) is 12.1 Å². The van der Waals surface area contributed by atoms with E-state index in [1.165, 1.54) is 0 Å². The highest BCUT2D eigenvalue weighted by molar-refractivity contribution is 5.82. The molecule has 0 bridgehead atoms. The monoisotopic (exact) mass is 155 g/mol. The fourth-order valence-electron chi connectivity index (χ4n) is 1.39. The third-order valence-electron chi connectivity index (χ3n) is 2.08. The van der Waals surface area contributed by atoms with Crippen LogP contribution in [0.2, 0.25) is 0 Å². The van der Waals surface area contributed by atoms with Crippen LogP contribution in [0.4, 0.5) is 0 Å². The average molecular weight is 155 g/mol. The maximum Gasteiger partial charge on any atom is 0.146 e. The van der Waals surface area contributed by atoms with Crippen molar-refractivity contribution in [1.29, 1.82) is 0 Å². The molecule has 0 aromatic heterocycles. The number of carbonyl (C=O) groups is 2. The molecule has 1 aliphatic rings. The molecule has 1 heterocycles. The smallest absolute Gasteiger partial charge is 0.146 e. The molecule has 3 heteroatoms. The molecule has 0 spiro atoms. The minimum absolute atomic E-state index is 0.0843. The molecule has 2 unspecified atom stereocenters. The molecule has 1 saturated heterocycles. The van der Waals surface area contributed by atoms with E-state index in [2.05, 4.69) is 5.32 Å². The number of hydrogen-bond acceptors (Lipinski definition) is 3. The first-order chi connectivity index (χ1) is 5.24. The number of carbonyl (C=O) groups excluding carboxylic acids is 2. The van der Waals surface area contributed by atoms with E-state index in [0.29, 0.717) is 0 Å². The van der Waals surface area contributed by atoms with Crippen molar-refractivity contribution >= 4 is 12.1 Å². The van der Waals surface area contributed by atoms with Crippen molar-refractivity contribution in [3.63, 3.8) is 0 Å². The second-order valence-electron chi connectivity index (χ2n) is 3.00. The summed E-state index contributed by atoms with van der Waals surface area (Å²) >= 11 is 0. The van der Waals surface area contributed by atoms with E-state index >= 15 is 0 Å². The normalized spacial score (nSPS) is 31.4. The predicted molar refractivity (Wildman–Crippen MR) is 41.3 cm³/mol. The Bertz CT molecular complexity index is 167. The second-order valence-corrected chi connectivity index (χ2v) is 3.00. The van der Waals surface area contributed by atoms with Crippen molar-refractivity contribution in [3.8, 4) is 0 Å². The summed E-state index contributed by atoms with van der Waals surface area (Å²) in [6, 6.07) is -0.184. The Balaban J connectivity index is 2.45. The van der Waals surface area contributed by atoms with E-state index < -0.39 is 0 Å². The van der Waals surface area contributed by atoms with Crippen molar-refractivity contribution in [3.05, 3.63) is 0 Å². The van der Waals surface area contributed by atoms with Gasteiger partial charge >= 0.3 is 0 Å². The number of nitrogens with one attached hydrogen (secondary N) is 1. The van der Waals surface area contributed by atoms with Crippen LogP contribution in [0.25, 0.3) is 0 Å². The Kier molecular flexibility index (Phi) is 2.76. The van der Waals surface area contributed by atoms with Gasteiger partial charge in [0.25, 0.3) is 0 Å². The van der Waals surface area contributed by atoms with E-state index in [-0.39, 0.29) is 17.9 Å². The highest BCUT2D eigenvalue weighted by Gasteiger charge is 2.22. The Hall–Kier alpha value is -0.700. The summed E-state index contributed by atoms with van der Waals surface area (Å²) in [7, 11) is 0. The molecule has 2 atom stereocenters. The lowest BCUT2D eigenvalue weighted by Crippen LogP contribution is -2.46. The molecule has 0 amide bonds. The van der Waals surface area contributed by atoms with Crippen molar-refractivity contribution < 1.29 is 9.59 Å². The molecule has 0 aromatic rings. The zero-order valence-corrected chi connectivity index (χ0v) is 6.67. The van der Waals surface area contributed by atoms with Gasteiger partial charge in [-0.25, -0.2) is 0 Å². The lowest BCUT2D eigenvalue weighted by Gasteiger charge is -2.25. The highest BCUT2D eigenvalue weighted by atomic mass is 16.1. The van der Waals surface area contributed by atoms with Gasteiger partial charge in [-0.15, -0.1) is 0 Å². The largest absolute Gasteiger partial charge is 0.302 e. The van der Waals surface area contributed by atoms with Crippen LogP contribution in [0, 0.1) is 0 Å². The molecule has 11 heavy (non-hydrogen) atoms. The molecule has 3 nitrogen and oxygen atoms in total. The summed E-state index contributed by atoms with van der Waals surface area (Å²) in [6.45, 7) is 1.56. The fourth-order valence-corrected chi connectivity index (χ4v) is 1.39. The highest BCUT2D eigenvalue weighted by Crippen LogP contribution is 2.11. The quantitative estimate of drug-likeness (QED) is 0.583. The van der Waals surface area contributed by atoms with Crippen molar-refractivity contribution in [2.75, 3.05) is 0 Å². The van der Waals surface area contributed by atoms with Crippen LogP contribution in [0.1, 0.15) is 26.2 Å². The van der Waals surface area contributed by atoms with E-state index in [1.807, 2.05) is 0 Å². The molecule has 1 N–H and O–H groups in total. The molecule has 0 saturated carbocycles. The molecule has 1 aliphatic heterocycles. The van der Waals surface area contributed by atoms with Crippen LogP contribution in [-0.4, -0.2) is 24.2 Å². The third-order valence-corrected chi connectivity index (χ3v) is 2.08. The first-order valence-electron chi connectivity index (χ1n) is 3.96. The zero-order valence-electron chi connectivity index (χ0n) is 6.67. The van der Waals surface area contributed by atoms with Crippen molar-refractivity contribution in [2.45, 2.75) is 38.3 Å². The number of ketones is 1. The summed E-state index contributed by atoms with van der Waals surface area (Å²) < 4.78 is 0. The first-order valence-corrected chi connectivity index (χ1v) is 3.96. The predicted octanol–water partition coefficient (Wildman–Crippen LogP) is 0.285. The van der Waals surface area contributed by atoms with Gasteiger partial charge < -0.3 is 4.79 Å². The van der Waals surface area contributed by atoms with Crippen molar-refractivity contribution in [2.24, 2.45) is 0 Å². The van der Waals surface area contributed by atoms with E-state index in [0.717, 1.165) is 25.5 Å². The maximum absolute atomic E-state index is 10.9. The topological polar surface area (TPSA) is 46.2 Å². The van der Waals surface area contributed by atoms with Crippen LogP contribution >= 0.6 is 0 Å². The summed E-state index contributed by atoms with van der Waals surface area (Å²) in [4.78, 5) is 21.2. The van der Waals surface area contributed by atoms with Crippen LogP contribution in [0.3, 0.4) is 0 Å². The fraction of sp³-hybridized carbons (Fsp3) is 0.750. The van der Waals surface area contributed by atoms with Gasteiger partial charge in [-0.1, -0.05) is 0 Å². The minimum Gasteiger partial charge on any atom is -0.302 e. The SMILES string of the molecule is CC(=O)C1CCCC(C=O)N1. The summed E-state index contributed by atoms with van der Waals surface area (Å²) in [5.41, 5.74) is 0. The maximum atomic E-state index is 10.9. The van der Waals surface area contributed by atoms with Gasteiger partial charge in [0.2, 0.25) is 0 Å². The minimum atomic E-state index is -0.0994. The number of piperidine rings is 1. The van der Waals surface area contributed by atoms with Gasteiger partial charge in [0.15, 0.2) is 0 Å². The summed E-state index contributed by atoms with van der Waals surface area (Å²) in [5.74, 6) is 0.136. The standard InChI is InChI=1S/C8H13NO2/c1-6(11)8-4-2-3-7(5-10)9-8/h5,7-9H,2-4H2,1H3. The van der Waals surface area contributed by atoms with Gasteiger partial charge in [-0.3, -0.25) is 10.1 Å². The Morgan fingerprint density at radius 2 is 2.27 bits per heavy atom. The molecule has 0 aliphatic carbocycles. The van der Waals surface area contributed by atoms with Crippen LogP contribution in [-0.2, 0) is 9.59 Å². The zero-order chi connectivity index (χ0) is 8.27. The molecule has 1 rings (SSSR count). The van der Waals surface area contributed by atoms with Crippen LogP contribution in [0.15, 0.2) is 0 Å². The molecule has 0 aromatic carbocycles. The van der Waals surface area contributed by atoms with Crippen LogP contribution in [0.5, 0.6) is 0 Å². The Morgan fingerprint density at radius 1 is 1.55 bits per heavy atom. The van der Waals surface area contributed by atoms with E-state index in [4.69, 9.17) is 0 Å². The molecule has 62 valence electrons. The third kappa shape index (κ3) is 2.12. The molecule has 1 fully saturated rings. The first kappa shape index (κ1) is 8.40. The van der Waals surface area contributed by atoms with E-state index in [9.17, 15) is 9.59 Å². The average Bonchev–Trinajstić information content (AvgIpc) is 2.05. The van der Waals surface area contributed by atoms with Crippen molar-refractivity contribution in [1.82, 2.24) is 5.32 Å². The molecular weight excluding hydrogens is 142 g/mol. The van der Waals surface area contributed by atoms with Gasteiger partial charge in [0.05, 0.1) is 12.1 Å². The number of aldehydes is 1. The summed E-state index contributed by atoms with van der Waals surface area (Å²) in [5, 5.41) is 2.98.